The monoisotopic (exact) mass is 426 g/mol. The second kappa shape index (κ2) is 11.5. The van der Waals surface area contributed by atoms with Gasteiger partial charge in [0, 0.05) is 6.54 Å². The molecule has 1 aromatic rings. The first-order valence-corrected chi connectivity index (χ1v) is 11.9. The minimum atomic E-state index is -4.00. The molecule has 0 saturated carbocycles. The standard InChI is InChI=1S/C20H31N2O6P/c21-13-5-4-12-18(19(23)22-14-6-11-17(22)20(24)25)28-29(26,27)15-7-10-16-8-2-1-3-9-16/h1-3,8-9,17-18H,4-7,10-15,21H2,(H,24,25)(H,26,27)/t17-,18-/m0/s1. The normalized spacial score (nSPS) is 19.7. The van der Waals surface area contributed by atoms with E-state index in [9.17, 15) is 24.2 Å². The van der Waals surface area contributed by atoms with Crippen molar-refractivity contribution in [3.05, 3.63) is 35.9 Å². The van der Waals surface area contributed by atoms with Crippen molar-refractivity contribution in [3.63, 3.8) is 0 Å². The lowest BCUT2D eigenvalue weighted by molar-refractivity contribution is -0.151. The Kier molecular flexibility index (Phi) is 9.30. The van der Waals surface area contributed by atoms with E-state index in [1.54, 1.807) is 0 Å². The number of nitrogens with zero attached hydrogens (tertiary/aromatic N) is 1. The number of rotatable bonds is 12. The van der Waals surface area contributed by atoms with Gasteiger partial charge in [0.15, 0.2) is 0 Å². The van der Waals surface area contributed by atoms with Crippen LogP contribution in [0, 0.1) is 0 Å². The fourth-order valence-electron chi connectivity index (χ4n) is 3.55. The molecule has 1 aromatic carbocycles. The Hall–Kier alpha value is -1.73. The molecule has 1 fully saturated rings. The number of aliphatic carboxylic acids is 1. The van der Waals surface area contributed by atoms with Crippen LogP contribution in [0.2, 0.25) is 0 Å². The number of amides is 1. The van der Waals surface area contributed by atoms with Crippen LogP contribution in [0.25, 0.3) is 0 Å². The van der Waals surface area contributed by atoms with Crippen LogP contribution >= 0.6 is 7.60 Å². The highest BCUT2D eigenvalue weighted by atomic mass is 31.2. The number of carbonyl (C=O) groups is 2. The van der Waals surface area contributed by atoms with Crippen LogP contribution in [-0.2, 0) is 25.1 Å². The summed E-state index contributed by atoms with van der Waals surface area (Å²) >= 11 is 0. The molecule has 2 rings (SSSR count). The molecule has 8 nitrogen and oxygen atoms in total. The fourth-order valence-corrected chi connectivity index (χ4v) is 4.80. The molecule has 1 amide bonds. The largest absolute Gasteiger partial charge is 0.480 e. The van der Waals surface area contributed by atoms with Crippen molar-refractivity contribution in [3.8, 4) is 0 Å². The topological polar surface area (TPSA) is 130 Å². The summed E-state index contributed by atoms with van der Waals surface area (Å²) in [7, 11) is -4.00. The van der Waals surface area contributed by atoms with Gasteiger partial charge < -0.3 is 20.6 Å². The van der Waals surface area contributed by atoms with Gasteiger partial charge in [-0.05, 0) is 57.1 Å². The molecule has 29 heavy (non-hydrogen) atoms. The van der Waals surface area contributed by atoms with E-state index in [-0.39, 0.29) is 12.6 Å². The third kappa shape index (κ3) is 7.55. The Morgan fingerprint density at radius 1 is 1.24 bits per heavy atom. The lowest BCUT2D eigenvalue weighted by Crippen LogP contribution is -2.46. The van der Waals surface area contributed by atoms with Crippen LogP contribution < -0.4 is 5.73 Å². The second-order valence-electron chi connectivity index (χ2n) is 7.36. The number of hydrogen-bond donors (Lipinski definition) is 3. The fraction of sp³-hybridized carbons (Fsp3) is 0.600. The zero-order chi connectivity index (χ0) is 21.3. The molecule has 1 aliphatic heterocycles. The van der Waals surface area contributed by atoms with Crippen molar-refractivity contribution in [2.45, 2.75) is 57.1 Å². The van der Waals surface area contributed by atoms with Gasteiger partial charge in [-0.15, -0.1) is 0 Å². The van der Waals surface area contributed by atoms with Crippen molar-refractivity contribution in [2.75, 3.05) is 19.3 Å². The van der Waals surface area contributed by atoms with Gasteiger partial charge in [0.05, 0.1) is 6.16 Å². The van der Waals surface area contributed by atoms with E-state index in [1.165, 1.54) is 4.90 Å². The van der Waals surface area contributed by atoms with Gasteiger partial charge >= 0.3 is 13.6 Å². The van der Waals surface area contributed by atoms with E-state index in [2.05, 4.69) is 0 Å². The van der Waals surface area contributed by atoms with E-state index in [0.29, 0.717) is 51.6 Å². The maximum atomic E-state index is 12.9. The molecular formula is C20H31N2O6P. The molecular weight excluding hydrogens is 395 g/mol. The molecule has 1 saturated heterocycles. The lowest BCUT2D eigenvalue weighted by atomic mass is 10.1. The third-order valence-corrected chi connectivity index (χ3v) is 6.52. The van der Waals surface area contributed by atoms with Crippen molar-refractivity contribution < 1.29 is 28.7 Å². The predicted molar refractivity (Wildman–Crippen MR) is 110 cm³/mol. The van der Waals surface area contributed by atoms with Gasteiger partial charge in [-0.3, -0.25) is 13.9 Å². The molecule has 9 heteroatoms. The minimum Gasteiger partial charge on any atom is -0.480 e. The highest BCUT2D eigenvalue weighted by Gasteiger charge is 2.39. The average molecular weight is 426 g/mol. The maximum absolute atomic E-state index is 12.9. The third-order valence-electron chi connectivity index (χ3n) is 5.06. The zero-order valence-corrected chi connectivity index (χ0v) is 17.5. The Morgan fingerprint density at radius 2 is 1.97 bits per heavy atom. The van der Waals surface area contributed by atoms with Gasteiger partial charge in [0.2, 0.25) is 0 Å². The van der Waals surface area contributed by atoms with E-state index >= 15 is 0 Å². The van der Waals surface area contributed by atoms with Gasteiger partial charge in [-0.25, -0.2) is 4.79 Å². The van der Waals surface area contributed by atoms with Crippen LogP contribution in [0.3, 0.4) is 0 Å². The summed E-state index contributed by atoms with van der Waals surface area (Å²) in [6, 6.07) is 8.71. The smallest absolute Gasteiger partial charge is 0.328 e. The van der Waals surface area contributed by atoms with Gasteiger partial charge in [0.1, 0.15) is 12.1 Å². The van der Waals surface area contributed by atoms with Gasteiger partial charge in [-0.1, -0.05) is 30.3 Å². The summed E-state index contributed by atoms with van der Waals surface area (Å²) in [5.74, 6) is -1.59. The second-order valence-corrected chi connectivity index (χ2v) is 9.29. The first-order chi connectivity index (χ1) is 13.8. The first-order valence-electron chi connectivity index (χ1n) is 10.1. The highest BCUT2D eigenvalue weighted by molar-refractivity contribution is 7.52. The number of benzene rings is 1. The molecule has 0 bridgehead atoms. The van der Waals surface area contributed by atoms with Crippen LogP contribution in [0.15, 0.2) is 30.3 Å². The number of unbranched alkanes of at least 4 members (excludes halogenated alkanes) is 1. The SMILES string of the molecule is NCCCC[C@H](OP(=O)(O)CCCc1ccccc1)C(=O)N1CCC[C@H]1C(=O)O. The minimum absolute atomic E-state index is 0.0646. The zero-order valence-electron chi connectivity index (χ0n) is 16.6. The van der Waals surface area contributed by atoms with Crippen LogP contribution in [-0.4, -0.2) is 58.2 Å². The summed E-state index contributed by atoms with van der Waals surface area (Å²) in [6.07, 6.45) is 2.30. The number of carbonyl (C=O) groups excluding carboxylic acids is 1. The van der Waals surface area contributed by atoms with Crippen molar-refractivity contribution >= 4 is 19.5 Å². The predicted octanol–water partition coefficient (Wildman–Crippen LogP) is 2.39. The van der Waals surface area contributed by atoms with Gasteiger partial charge in [-0.2, -0.15) is 0 Å². The first kappa shape index (κ1) is 23.5. The van der Waals surface area contributed by atoms with Gasteiger partial charge in [0.25, 0.3) is 5.91 Å². The summed E-state index contributed by atoms with van der Waals surface area (Å²) in [5.41, 5.74) is 6.56. The molecule has 4 N–H and O–H groups in total. The molecule has 0 spiro atoms. The van der Waals surface area contributed by atoms with Crippen LogP contribution in [0.1, 0.15) is 44.1 Å². The Morgan fingerprint density at radius 3 is 2.62 bits per heavy atom. The molecule has 1 aliphatic rings. The van der Waals surface area contributed by atoms with E-state index in [4.69, 9.17) is 10.3 Å². The van der Waals surface area contributed by atoms with Crippen molar-refractivity contribution in [2.24, 2.45) is 5.73 Å². The number of carboxylic acids is 1. The Labute approximate surface area is 171 Å². The van der Waals surface area contributed by atoms with Crippen molar-refractivity contribution in [1.82, 2.24) is 4.90 Å². The maximum Gasteiger partial charge on any atom is 0.328 e. The molecule has 0 radical (unpaired) electrons. The summed E-state index contributed by atoms with van der Waals surface area (Å²) < 4.78 is 18.0. The van der Waals surface area contributed by atoms with E-state index in [1.807, 2.05) is 30.3 Å². The van der Waals surface area contributed by atoms with Crippen molar-refractivity contribution in [1.29, 1.82) is 0 Å². The average Bonchev–Trinajstić information content (AvgIpc) is 3.17. The molecule has 1 unspecified atom stereocenters. The number of likely N-dealkylation sites (tertiary alicyclic amines) is 1. The number of nitrogens with two attached hydrogens (primary N) is 1. The quantitative estimate of drug-likeness (QED) is 0.346. The molecule has 1 heterocycles. The summed E-state index contributed by atoms with van der Waals surface area (Å²) in [6.45, 7) is 0.756. The van der Waals surface area contributed by atoms with E-state index in [0.717, 1.165) is 5.56 Å². The number of carboxylic acid groups (broad SMARTS) is 1. The molecule has 0 aliphatic carbocycles. The lowest BCUT2D eigenvalue weighted by Gasteiger charge is -2.28. The highest BCUT2D eigenvalue weighted by Crippen LogP contribution is 2.45. The van der Waals surface area contributed by atoms with Crippen LogP contribution in [0.4, 0.5) is 0 Å². The number of aryl methyl sites for hydroxylation is 1. The Bertz CT molecular complexity index is 714. The molecule has 162 valence electrons. The van der Waals surface area contributed by atoms with E-state index < -0.39 is 31.6 Å². The summed E-state index contributed by atoms with van der Waals surface area (Å²) in [4.78, 5) is 35.9. The Balaban J connectivity index is 1.99. The number of hydrogen-bond acceptors (Lipinski definition) is 5. The molecule has 0 aromatic heterocycles. The molecule has 3 atom stereocenters. The van der Waals surface area contributed by atoms with Crippen LogP contribution in [0.5, 0.6) is 0 Å². The summed E-state index contributed by atoms with van der Waals surface area (Å²) in [5, 5.41) is 9.33.